The average Bonchev–Trinajstić information content (AvgIpc) is 2.98. The molecule has 0 saturated carbocycles. The maximum Gasteiger partial charge on any atom is 0.183 e. The standard InChI is InChI=1S/C27H30O6/c28-23-19-33-27(29)26(32-18-22-14-8-3-9-15-22)25(31-17-21-12-6-2-7-13-21)24(23)30-16-20-10-4-1-5-11-20/h1-15,23-29H,16-19H2. The van der Waals surface area contributed by atoms with Crippen molar-refractivity contribution >= 4 is 0 Å². The zero-order valence-electron chi connectivity index (χ0n) is 18.4. The van der Waals surface area contributed by atoms with Crippen molar-refractivity contribution in [3.63, 3.8) is 0 Å². The van der Waals surface area contributed by atoms with Crippen LogP contribution in [0.25, 0.3) is 0 Å². The van der Waals surface area contributed by atoms with Gasteiger partial charge in [-0.15, -0.1) is 0 Å². The van der Waals surface area contributed by atoms with Crippen molar-refractivity contribution in [2.24, 2.45) is 0 Å². The topological polar surface area (TPSA) is 77.4 Å². The predicted octanol–water partition coefficient (Wildman–Crippen LogP) is 3.45. The van der Waals surface area contributed by atoms with E-state index in [2.05, 4.69) is 0 Å². The molecule has 0 radical (unpaired) electrons. The Balaban J connectivity index is 1.54. The van der Waals surface area contributed by atoms with E-state index in [9.17, 15) is 10.2 Å². The van der Waals surface area contributed by atoms with Crippen molar-refractivity contribution in [3.05, 3.63) is 108 Å². The smallest absolute Gasteiger partial charge is 0.183 e. The van der Waals surface area contributed by atoms with Crippen LogP contribution in [0.1, 0.15) is 16.7 Å². The van der Waals surface area contributed by atoms with E-state index in [-0.39, 0.29) is 26.4 Å². The van der Waals surface area contributed by atoms with E-state index in [0.717, 1.165) is 16.7 Å². The highest BCUT2D eigenvalue weighted by Gasteiger charge is 2.44. The highest BCUT2D eigenvalue weighted by molar-refractivity contribution is 5.15. The summed E-state index contributed by atoms with van der Waals surface area (Å²) in [6.07, 6.45) is -4.63. The zero-order chi connectivity index (χ0) is 22.9. The fourth-order valence-corrected chi connectivity index (χ4v) is 3.83. The molecule has 3 aromatic rings. The summed E-state index contributed by atoms with van der Waals surface area (Å²) in [6.45, 7) is 0.742. The number of rotatable bonds is 9. The fourth-order valence-electron chi connectivity index (χ4n) is 3.83. The third kappa shape index (κ3) is 6.71. The van der Waals surface area contributed by atoms with E-state index in [1.54, 1.807) is 0 Å². The van der Waals surface area contributed by atoms with Gasteiger partial charge in [0.05, 0.1) is 26.4 Å². The van der Waals surface area contributed by atoms with Crippen molar-refractivity contribution in [2.75, 3.05) is 6.61 Å². The van der Waals surface area contributed by atoms with Gasteiger partial charge >= 0.3 is 0 Å². The van der Waals surface area contributed by atoms with Crippen molar-refractivity contribution in [3.8, 4) is 0 Å². The lowest BCUT2D eigenvalue weighted by atomic mass is 10.0. The summed E-state index contributed by atoms with van der Waals surface area (Å²) in [6, 6.07) is 29.1. The molecule has 1 fully saturated rings. The van der Waals surface area contributed by atoms with Crippen LogP contribution in [0.5, 0.6) is 0 Å². The molecule has 1 aliphatic heterocycles. The molecule has 5 unspecified atom stereocenters. The predicted molar refractivity (Wildman–Crippen MR) is 123 cm³/mol. The van der Waals surface area contributed by atoms with Crippen LogP contribution in [0, 0.1) is 0 Å². The van der Waals surface area contributed by atoms with Crippen LogP contribution < -0.4 is 0 Å². The lowest BCUT2D eigenvalue weighted by molar-refractivity contribution is -0.219. The monoisotopic (exact) mass is 450 g/mol. The molecule has 0 aliphatic carbocycles. The molecule has 3 aromatic carbocycles. The third-order valence-corrected chi connectivity index (χ3v) is 5.60. The first kappa shape index (κ1) is 23.6. The molecule has 2 N–H and O–H groups in total. The molecule has 0 bridgehead atoms. The van der Waals surface area contributed by atoms with Crippen LogP contribution in [0.4, 0.5) is 0 Å². The van der Waals surface area contributed by atoms with E-state index in [1.807, 2.05) is 91.0 Å². The first-order chi connectivity index (χ1) is 16.2. The maximum atomic E-state index is 10.8. The summed E-state index contributed by atoms with van der Waals surface area (Å²) in [4.78, 5) is 0. The molecule has 33 heavy (non-hydrogen) atoms. The molecule has 0 amide bonds. The van der Waals surface area contributed by atoms with Gasteiger partial charge in [-0.3, -0.25) is 0 Å². The molecule has 1 aliphatic rings. The number of benzene rings is 3. The molecule has 6 heteroatoms. The minimum absolute atomic E-state index is 0.0863. The van der Waals surface area contributed by atoms with Crippen LogP contribution in [0.15, 0.2) is 91.0 Å². The van der Waals surface area contributed by atoms with Gasteiger partial charge in [0.1, 0.15) is 24.4 Å². The summed E-state index contributed by atoms with van der Waals surface area (Å²) in [5, 5.41) is 21.5. The molecule has 0 aromatic heterocycles. The minimum Gasteiger partial charge on any atom is -0.388 e. The van der Waals surface area contributed by atoms with Gasteiger partial charge in [0.2, 0.25) is 0 Å². The van der Waals surface area contributed by atoms with Crippen LogP contribution in [-0.2, 0) is 38.8 Å². The van der Waals surface area contributed by atoms with Gasteiger partial charge < -0.3 is 29.2 Å². The Morgan fingerprint density at radius 2 is 0.970 bits per heavy atom. The van der Waals surface area contributed by atoms with Gasteiger partial charge in [0, 0.05) is 0 Å². The van der Waals surface area contributed by atoms with E-state index in [1.165, 1.54) is 0 Å². The highest BCUT2D eigenvalue weighted by atomic mass is 16.7. The summed E-state index contributed by atoms with van der Waals surface area (Å²) >= 11 is 0. The average molecular weight is 451 g/mol. The van der Waals surface area contributed by atoms with Crippen LogP contribution >= 0.6 is 0 Å². The lowest BCUT2D eigenvalue weighted by Gasteiger charge is -2.33. The zero-order valence-corrected chi connectivity index (χ0v) is 18.4. The Bertz CT molecular complexity index is 879. The Morgan fingerprint density at radius 3 is 1.42 bits per heavy atom. The second-order valence-corrected chi connectivity index (χ2v) is 8.07. The van der Waals surface area contributed by atoms with Crippen LogP contribution in [0.2, 0.25) is 0 Å². The van der Waals surface area contributed by atoms with Crippen molar-refractivity contribution in [2.45, 2.75) is 50.5 Å². The molecule has 1 heterocycles. The Kier molecular flexibility index (Phi) is 8.60. The second kappa shape index (κ2) is 12.0. The molecule has 4 rings (SSSR count). The number of aliphatic hydroxyl groups is 2. The molecule has 1 saturated heterocycles. The summed E-state index contributed by atoms with van der Waals surface area (Å²) in [7, 11) is 0. The number of aliphatic hydroxyl groups excluding tert-OH is 2. The maximum absolute atomic E-state index is 10.8. The van der Waals surface area contributed by atoms with Gasteiger partial charge in [-0.05, 0) is 16.7 Å². The third-order valence-electron chi connectivity index (χ3n) is 5.60. The molecular weight excluding hydrogens is 420 g/mol. The van der Waals surface area contributed by atoms with E-state index < -0.39 is 30.7 Å². The molecule has 174 valence electrons. The summed E-state index contributed by atoms with van der Waals surface area (Å²) in [5.74, 6) is 0. The van der Waals surface area contributed by atoms with Crippen molar-refractivity contribution in [1.29, 1.82) is 0 Å². The van der Waals surface area contributed by atoms with Crippen LogP contribution in [-0.4, -0.2) is 47.5 Å². The summed E-state index contributed by atoms with van der Waals surface area (Å²) in [5.41, 5.74) is 2.90. The lowest BCUT2D eigenvalue weighted by Crippen LogP contribution is -2.50. The normalized spacial score (nSPS) is 25.5. The minimum atomic E-state index is -1.27. The first-order valence-electron chi connectivity index (χ1n) is 11.1. The van der Waals surface area contributed by atoms with Gasteiger partial charge in [-0.1, -0.05) is 91.0 Å². The van der Waals surface area contributed by atoms with Crippen LogP contribution in [0.3, 0.4) is 0 Å². The van der Waals surface area contributed by atoms with E-state index >= 15 is 0 Å². The largest absolute Gasteiger partial charge is 0.388 e. The van der Waals surface area contributed by atoms with Gasteiger partial charge in [-0.25, -0.2) is 0 Å². The van der Waals surface area contributed by atoms with Crippen molar-refractivity contribution in [1.82, 2.24) is 0 Å². The van der Waals surface area contributed by atoms with Gasteiger partial charge in [0.15, 0.2) is 6.29 Å². The number of ether oxygens (including phenoxy) is 4. The van der Waals surface area contributed by atoms with Crippen molar-refractivity contribution < 1.29 is 29.2 Å². The summed E-state index contributed by atoms with van der Waals surface area (Å²) < 4.78 is 24.0. The molecule has 5 atom stereocenters. The Morgan fingerprint density at radius 1 is 0.576 bits per heavy atom. The Labute approximate surface area is 194 Å². The molecule has 0 spiro atoms. The highest BCUT2D eigenvalue weighted by Crippen LogP contribution is 2.26. The first-order valence-corrected chi connectivity index (χ1v) is 11.1. The molecule has 6 nitrogen and oxygen atoms in total. The van der Waals surface area contributed by atoms with E-state index in [0.29, 0.717) is 0 Å². The van der Waals surface area contributed by atoms with Gasteiger partial charge in [0.25, 0.3) is 0 Å². The number of hydrogen-bond donors (Lipinski definition) is 2. The fraction of sp³-hybridized carbons (Fsp3) is 0.333. The molecular formula is C27H30O6. The van der Waals surface area contributed by atoms with E-state index in [4.69, 9.17) is 18.9 Å². The van der Waals surface area contributed by atoms with Gasteiger partial charge in [-0.2, -0.15) is 0 Å². The number of hydrogen-bond acceptors (Lipinski definition) is 6. The Hall–Kier alpha value is -2.58. The SMILES string of the molecule is OC1COC(O)C(OCc2ccccc2)C(OCc2ccccc2)C1OCc1ccccc1. The quantitative estimate of drug-likeness (QED) is 0.520. The second-order valence-electron chi connectivity index (χ2n) is 8.07.